The number of carbonyl (C=O) groups is 2. The summed E-state index contributed by atoms with van der Waals surface area (Å²) in [6, 6.07) is 23.9. The normalized spacial score (nSPS) is 15.5. The fourth-order valence-corrected chi connectivity index (χ4v) is 4.32. The second-order valence-electron chi connectivity index (χ2n) is 8.00. The van der Waals surface area contributed by atoms with Crippen molar-refractivity contribution >= 4 is 23.3 Å². The number of amides is 1. The smallest absolute Gasteiger partial charge is 0.251 e. The number of hydrogen-bond acceptors (Lipinski definition) is 4. The van der Waals surface area contributed by atoms with E-state index >= 15 is 0 Å². The fraction of sp³-hybridized carbons (Fsp3) is 0.185. The van der Waals surface area contributed by atoms with Crippen LogP contribution in [0.25, 0.3) is 11.1 Å². The van der Waals surface area contributed by atoms with Gasteiger partial charge in [0.15, 0.2) is 5.78 Å². The topological polar surface area (TPSA) is 75.6 Å². The van der Waals surface area contributed by atoms with Gasteiger partial charge in [-0.2, -0.15) is 0 Å². The van der Waals surface area contributed by atoms with Crippen molar-refractivity contribution in [3.05, 3.63) is 106 Å². The lowest BCUT2D eigenvalue weighted by atomic mass is 9.96. The maximum Gasteiger partial charge on any atom is 0.251 e. The number of benzene rings is 3. The van der Waals surface area contributed by atoms with Crippen molar-refractivity contribution in [2.24, 2.45) is 5.92 Å². The van der Waals surface area contributed by atoms with Gasteiger partial charge in [0.25, 0.3) is 5.91 Å². The summed E-state index contributed by atoms with van der Waals surface area (Å²) in [5.41, 5.74) is 4.54. The van der Waals surface area contributed by atoms with Crippen LogP contribution in [0, 0.1) is 5.92 Å². The van der Waals surface area contributed by atoms with Gasteiger partial charge in [0.2, 0.25) is 0 Å². The van der Waals surface area contributed by atoms with Crippen LogP contribution in [0.1, 0.15) is 33.6 Å². The quantitative estimate of drug-likeness (QED) is 0.252. The molecule has 3 aromatic carbocycles. The Balaban J connectivity index is 1.48. The Labute approximate surface area is 197 Å². The molecule has 0 fully saturated rings. The third kappa shape index (κ3) is 5.40. The second kappa shape index (κ2) is 10.6. The van der Waals surface area contributed by atoms with Crippen LogP contribution in [-0.4, -0.2) is 30.1 Å². The fourth-order valence-electron chi connectivity index (χ4n) is 4.20. The molecule has 0 bridgehead atoms. The summed E-state index contributed by atoms with van der Waals surface area (Å²) in [7, 11) is 0. The number of nitrogens with one attached hydrogen (secondary N) is 1. The van der Waals surface area contributed by atoms with Crippen molar-refractivity contribution in [3.8, 4) is 11.1 Å². The first-order valence-electron chi connectivity index (χ1n) is 10.8. The molecule has 0 heterocycles. The molecule has 2 N–H and O–H groups in total. The van der Waals surface area contributed by atoms with Gasteiger partial charge in [-0.25, -0.2) is 4.89 Å². The van der Waals surface area contributed by atoms with Crippen LogP contribution >= 0.6 is 11.6 Å². The number of allylic oxidation sites excluding steroid dienone is 1. The third-order valence-electron chi connectivity index (χ3n) is 5.99. The van der Waals surface area contributed by atoms with E-state index in [1.54, 1.807) is 24.3 Å². The van der Waals surface area contributed by atoms with E-state index in [1.165, 1.54) is 0 Å². The highest BCUT2D eigenvalue weighted by Crippen LogP contribution is 2.34. The van der Waals surface area contributed by atoms with Crippen LogP contribution < -0.4 is 5.32 Å². The molecule has 1 aliphatic rings. The van der Waals surface area contributed by atoms with Crippen molar-refractivity contribution in [2.75, 3.05) is 13.2 Å². The molecule has 1 atom stereocenters. The largest absolute Gasteiger partial charge is 0.351 e. The Morgan fingerprint density at radius 1 is 0.909 bits per heavy atom. The van der Waals surface area contributed by atoms with Crippen molar-refractivity contribution in [1.29, 1.82) is 0 Å². The standard InChI is InChI=1S/C27H24ClNO4/c28-23-13-10-19(11-14-23)18-6-8-20(9-7-18)26(30)24-15-12-22(25(24)17-33-32)16-29-27(31)21-4-2-1-3-5-21/h1-11,13-14,22,32H,12,15-17H2,(H,29,31). The molecule has 0 saturated carbocycles. The van der Waals surface area contributed by atoms with Gasteiger partial charge >= 0.3 is 0 Å². The average molecular weight is 462 g/mol. The summed E-state index contributed by atoms with van der Waals surface area (Å²) in [5.74, 6) is -0.323. The van der Waals surface area contributed by atoms with E-state index in [4.69, 9.17) is 16.9 Å². The number of Topliss-reactive ketones (excluding diaryl/α,β-unsaturated/α-hetero) is 1. The zero-order chi connectivity index (χ0) is 23.2. The first-order valence-corrected chi connectivity index (χ1v) is 11.2. The molecule has 0 radical (unpaired) electrons. The Hall–Kier alpha value is -3.25. The minimum Gasteiger partial charge on any atom is -0.351 e. The van der Waals surface area contributed by atoms with Gasteiger partial charge < -0.3 is 5.32 Å². The number of rotatable bonds is 8. The summed E-state index contributed by atoms with van der Waals surface area (Å²) in [6.07, 6.45) is 1.28. The first-order chi connectivity index (χ1) is 16.1. The van der Waals surface area contributed by atoms with E-state index < -0.39 is 0 Å². The Kier molecular flexibility index (Phi) is 7.35. The van der Waals surface area contributed by atoms with E-state index in [2.05, 4.69) is 10.2 Å². The monoisotopic (exact) mass is 461 g/mol. The Morgan fingerprint density at radius 2 is 1.55 bits per heavy atom. The lowest BCUT2D eigenvalue weighted by Crippen LogP contribution is -2.30. The maximum atomic E-state index is 13.2. The molecule has 4 rings (SSSR count). The van der Waals surface area contributed by atoms with E-state index in [0.717, 1.165) is 16.7 Å². The summed E-state index contributed by atoms with van der Waals surface area (Å²) < 4.78 is 0. The third-order valence-corrected chi connectivity index (χ3v) is 6.24. The molecule has 168 valence electrons. The molecule has 0 spiro atoms. The van der Waals surface area contributed by atoms with Gasteiger partial charge in [-0.3, -0.25) is 14.8 Å². The van der Waals surface area contributed by atoms with Crippen LogP contribution in [0.15, 0.2) is 90.0 Å². The molecule has 5 nitrogen and oxygen atoms in total. The van der Waals surface area contributed by atoms with Gasteiger partial charge in [0.1, 0.15) is 6.61 Å². The molecular formula is C27H24ClNO4. The molecule has 3 aromatic rings. The highest BCUT2D eigenvalue weighted by molar-refractivity contribution is 6.30. The molecule has 0 aliphatic heterocycles. The molecule has 33 heavy (non-hydrogen) atoms. The lowest BCUT2D eigenvalue weighted by molar-refractivity contribution is -0.235. The van der Waals surface area contributed by atoms with Crippen molar-refractivity contribution in [2.45, 2.75) is 12.8 Å². The molecule has 1 amide bonds. The SMILES string of the molecule is O=C(NCC1CCC(C(=O)c2ccc(-c3ccc(Cl)cc3)cc2)=C1COO)c1ccccc1. The van der Waals surface area contributed by atoms with Crippen molar-refractivity contribution < 1.29 is 19.7 Å². The van der Waals surface area contributed by atoms with Crippen LogP contribution in [0.3, 0.4) is 0 Å². The van der Waals surface area contributed by atoms with Gasteiger partial charge in [-0.15, -0.1) is 0 Å². The lowest BCUT2D eigenvalue weighted by Gasteiger charge is -2.15. The first kappa shape index (κ1) is 22.9. The number of ketones is 1. The van der Waals surface area contributed by atoms with Gasteiger partial charge in [-0.05, 0) is 53.8 Å². The predicted octanol–water partition coefficient (Wildman–Crippen LogP) is 5.82. The predicted molar refractivity (Wildman–Crippen MR) is 128 cm³/mol. The van der Waals surface area contributed by atoms with Gasteiger partial charge in [0, 0.05) is 34.2 Å². The number of halogens is 1. The Morgan fingerprint density at radius 3 is 2.18 bits per heavy atom. The van der Waals surface area contributed by atoms with E-state index in [-0.39, 0.29) is 24.2 Å². The maximum absolute atomic E-state index is 13.2. The molecule has 1 aliphatic carbocycles. The summed E-state index contributed by atoms with van der Waals surface area (Å²) in [6.45, 7) is 0.314. The van der Waals surface area contributed by atoms with E-state index in [1.807, 2.05) is 54.6 Å². The zero-order valence-corrected chi connectivity index (χ0v) is 18.7. The molecule has 0 saturated heterocycles. The highest BCUT2D eigenvalue weighted by Gasteiger charge is 2.30. The minimum absolute atomic E-state index is 0.0597. The number of hydrogen-bond donors (Lipinski definition) is 2. The average Bonchev–Trinajstić information content (AvgIpc) is 3.26. The van der Waals surface area contributed by atoms with E-state index in [0.29, 0.717) is 41.1 Å². The minimum atomic E-state index is -0.169. The van der Waals surface area contributed by atoms with Crippen molar-refractivity contribution in [1.82, 2.24) is 5.32 Å². The molecule has 0 aromatic heterocycles. The second-order valence-corrected chi connectivity index (χ2v) is 8.44. The summed E-state index contributed by atoms with van der Waals surface area (Å²) in [4.78, 5) is 30.0. The van der Waals surface area contributed by atoms with Gasteiger partial charge in [0.05, 0.1) is 0 Å². The summed E-state index contributed by atoms with van der Waals surface area (Å²) in [5, 5.41) is 12.7. The van der Waals surface area contributed by atoms with Gasteiger partial charge in [-0.1, -0.05) is 66.2 Å². The molecule has 6 heteroatoms. The molecule has 1 unspecified atom stereocenters. The van der Waals surface area contributed by atoms with Crippen LogP contribution in [-0.2, 0) is 4.89 Å². The van der Waals surface area contributed by atoms with Crippen LogP contribution in [0.5, 0.6) is 0 Å². The molecular weight excluding hydrogens is 438 g/mol. The van der Waals surface area contributed by atoms with E-state index in [9.17, 15) is 9.59 Å². The zero-order valence-electron chi connectivity index (χ0n) is 18.0. The van der Waals surface area contributed by atoms with Crippen LogP contribution in [0.4, 0.5) is 0 Å². The summed E-state index contributed by atoms with van der Waals surface area (Å²) >= 11 is 5.96. The number of carbonyl (C=O) groups excluding carboxylic acids is 2. The Bertz CT molecular complexity index is 1150. The van der Waals surface area contributed by atoms with Crippen LogP contribution in [0.2, 0.25) is 5.02 Å². The van der Waals surface area contributed by atoms with Crippen molar-refractivity contribution in [3.63, 3.8) is 0 Å². The highest BCUT2D eigenvalue weighted by atomic mass is 35.5.